The highest BCUT2D eigenvalue weighted by Gasteiger charge is 2.28. The van der Waals surface area contributed by atoms with Crippen molar-refractivity contribution in [2.45, 2.75) is 25.2 Å². The molecule has 1 fully saturated rings. The van der Waals surface area contributed by atoms with E-state index in [1.165, 1.54) is 6.07 Å². The van der Waals surface area contributed by atoms with Crippen LogP contribution in [-0.2, 0) is 0 Å². The van der Waals surface area contributed by atoms with Crippen molar-refractivity contribution in [2.24, 2.45) is 5.73 Å². The molecule has 1 saturated carbocycles. The second-order valence-electron chi connectivity index (χ2n) is 4.24. The van der Waals surface area contributed by atoms with Gasteiger partial charge in [-0.1, -0.05) is 0 Å². The number of halogens is 1. The van der Waals surface area contributed by atoms with Gasteiger partial charge in [-0.25, -0.2) is 0 Å². The molecule has 5 nitrogen and oxygen atoms in total. The summed E-state index contributed by atoms with van der Waals surface area (Å²) in [6, 6.07) is 4.82. The van der Waals surface area contributed by atoms with Crippen LogP contribution in [0.4, 0.5) is 5.69 Å². The first-order valence-electron chi connectivity index (χ1n) is 5.83. The Bertz CT molecular complexity index is 422. The summed E-state index contributed by atoms with van der Waals surface area (Å²) in [6.45, 7) is 1.15. The number of benzene rings is 1. The number of rotatable bonds is 6. The highest BCUT2D eigenvalue weighted by molar-refractivity contribution is 5.85. The molecule has 0 bridgehead atoms. The minimum absolute atomic E-state index is 0. The predicted molar refractivity (Wildman–Crippen MR) is 71.5 cm³/mol. The summed E-state index contributed by atoms with van der Waals surface area (Å²) in [5, 5.41) is 10.7. The lowest BCUT2D eigenvalue weighted by Crippen LogP contribution is -2.07. The molecule has 2 N–H and O–H groups in total. The second kappa shape index (κ2) is 6.56. The van der Waals surface area contributed by atoms with Crippen molar-refractivity contribution in [3.05, 3.63) is 33.9 Å². The zero-order chi connectivity index (χ0) is 12.3. The van der Waals surface area contributed by atoms with E-state index < -0.39 is 0 Å². The Morgan fingerprint density at radius 2 is 2.17 bits per heavy atom. The molecule has 0 saturated heterocycles. The average Bonchev–Trinajstić information content (AvgIpc) is 3.13. The fourth-order valence-corrected chi connectivity index (χ4v) is 1.76. The molecule has 2 rings (SSSR count). The summed E-state index contributed by atoms with van der Waals surface area (Å²) in [7, 11) is 0. The van der Waals surface area contributed by atoms with Crippen molar-refractivity contribution in [2.75, 3.05) is 13.2 Å². The van der Waals surface area contributed by atoms with Gasteiger partial charge in [0.2, 0.25) is 0 Å². The Morgan fingerprint density at radius 3 is 2.72 bits per heavy atom. The molecule has 100 valence electrons. The van der Waals surface area contributed by atoms with Gasteiger partial charge in [0.1, 0.15) is 5.75 Å². The summed E-state index contributed by atoms with van der Waals surface area (Å²) >= 11 is 0. The number of non-ortho nitro benzene ring substituents is 1. The average molecular weight is 273 g/mol. The molecule has 0 unspecified atom stereocenters. The van der Waals surface area contributed by atoms with E-state index in [0.29, 0.717) is 19.1 Å². The van der Waals surface area contributed by atoms with E-state index in [1.54, 1.807) is 12.1 Å². The lowest BCUT2D eigenvalue weighted by atomic mass is 10.1. The van der Waals surface area contributed by atoms with Crippen molar-refractivity contribution in [3.63, 3.8) is 0 Å². The predicted octanol–water partition coefficient (Wildman–Crippen LogP) is 2.62. The smallest absolute Gasteiger partial charge is 0.269 e. The van der Waals surface area contributed by atoms with E-state index in [1.807, 2.05) is 0 Å². The molecule has 6 heteroatoms. The molecule has 0 amide bonds. The topological polar surface area (TPSA) is 78.4 Å². The second-order valence-corrected chi connectivity index (χ2v) is 4.24. The van der Waals surface area contributed by atoms with Gasteiger partial charge in [0, 0.05) is 17.7 Å². The van der Waals surface area contributed by atoms with Gasteiger partial charge in [-0.3, -0.25) is 10.1 Å². The quantitative estimate of drug-likeness (QED) is 0.490. The maximum Gasteiger partial charge on any atom is 0.269 e. The van der Waals surface area contributed by atoms with E-state index in [0.717, 1.165) is 30.6 Å². The monoisotopic (exact) mass is 272 g/mol. The number of hydrogen-bond donors (Lipinski definition) is 1. The Balaban J connectivity index is 0.00000162. The summed E-state index contributed by atoms with van der Waals surface area (Å²) in [4.78, 5) is 10.4. The van der Waals surface area contributed by atoms with Gasteiger partial charge >= 0.3 is 0 Å². The fraction of sp³-hybridized carbons (Fsp3) is 0.500. The van der Waals surface area contributed by atoms with Crippen LogP contribution in [-0.4, -0.2) is 18.1 Å². The molecule has 1 aliphatic carbocycles. The summed E-state index contributed by atoms with van der Waals surface area (Å²) in [5.41, 5.74) is 6.50. The Labute approximate surface area is 112 Å². The first-order valence-corrected chi connectivity index (χ1v) is 5.83. The van der Waals surface area contributed by atoms with Gasteiger partial charge in [0.15, 0.2) is 0 Å². The van der Waals surface area contributed by atoms with Crippen LogP contribution in [0.5, 0.6) is 5.75 Å². The van der Waals surface area contributed by atoms with E-state index in [2.05, 4.69) is 0 Å². The van der Waals surface area contributed by atoms with Crippen LogP contribution < -0.4 is 10.5 Å². The van der Waals surface area contributed by atoms with Crippen LogP contribution >= 0.6 is 12.4 Å². The molecule has 1 aliphatic rings. The van der Waals surface area contributed by atoms with Crippen molar-refractivity contribution >= 4 is 18.1 Å². The third-order valence-electron chi connectivity index (χ3n) is 2.83. The first kappa shape index (κ1) is 14.7. The Kier molecular flexibility index (Phi) is 5.37. The van der Waals surface area contributed by atoms with Crippen LogP contribution in [0.15, 0.2) is 18.2 Å². The highest BCUT2D eigenvalue weighted by atomic mass is 35.5. The molecular weight excluding hydrogens is 256 g/mol. The molecule has 18 heavy (non-hydrogen) atoms. The molecule has 0 aliphatic heterocycles. The van der Waals surface area contributed by atoms with Gasteiger partial charge in [-0.15, -0.1) is 12.4 Å². The normalized spacial score (nSPS) is 13.8. The standard InChI is InChI=1S/C12H16N2O3.ClH/c13-6-1-7-17-12-5-4-10(14(15)16)8-11(12)9-2-3-9;/h4-5,8-9H,1-3,6-7,13H2;1H. The maximum absolute atomic E-state index is 10.7. The molecule has 0 aromatic heterocycles. The van der Waals surface area contributed by atoms with Crippen LogP contribution in [0.25, 0.3) is 0 Å². The number of hydrogen-bond acceptors (Lipinski definition) is 4. The minimum atomic E-state index is -0.366. The van der Waals surface area contributed by atoms with Crippen molar-refractivity contribution in [1.29, 1.82) is 0 Å². The molecule has 0 atom stereocenters. The lowest BCUT2D eigenvalue weighted by Gasteiger charge is -2.10. The SMILES string of the molecule is Cl.NCCCOc1ccc([N+](=O)[O-])cc1C1CC1. The lowest BCUT2D eigenvalue weighted by molar-refractivity contribution is -0.384. The molecule has 0 spiro atoms. The fourth-order valence-electron chi connectivity index (χ4n) is 1.76. The van der Waals surface area contributed by atoms with Crippen LogP contribution in [0, 0.1) is 10.1 Å². The van der Waals surface area contributed by atoms with E-state index in [-0.39, 0.29) is 23.0 Å². The van der Waals surface area contributed by atoms with Gasteiger partial charge in [0.05, 0.1) is 11.5 Å². The van der Waals surface area contributed by atoms with E-state index in [4.69, 9.17) is 10.5 Å². The maximum atomic E-state index is 10.7. The minimum Gasteiger partial charge on any atom is -0.493 e. The third-order valence-corrected chi connectivity index (χ3v) is 2.83. The molecule has 1 aromatic rings. The number of ether oxygens (including phenoxy) is 1. The number of nitro groups is 1. The van der Waals surface area contributed by atoms with Crippen molar-refractivity contribution in [1.82, 2.24) is 0 Å². The zero-order valence-electron chi connectivity index (χ0n) is 10.0. The molecule has 0 radical (unpaired) electrons. The zero-order valence-corrected chi connectivity index (χ0v) is 10.8. The van der Waals surface area contributed by atoms with Gasteiger partial charge in [0.25, 0.3) is 5.69 Å². The van der Waals surface area contributed by atoms with E-state index >= 15 is 0 Å². The van der Waals surface area contributed by atoms with Gasteiger partial charge in [-0.2, -0.15) is 0 Å². The third kappa shape index (κ3) is 3.58. The molecule has 1 aromatic carbocycles. The van der Waals surface area contributed by atoms with E-state index in [9.17, 15) is 10.1 Å². The van der Waals surface area contributed by atoms with Crippen molar-refractivity contribution < 1.29 is 9.66 Å². The number of nitrogens with zero attached hydrogens (tertiary/aromatic N) is 1. The van der Waals surface area contributed by atoms with Crippen LogP contribution in [0.3, 0.4) is 0 Å². The molecular formula is C12H17ClN2O3. The first-order chi connectivity index (χ1) is 8.22. The summed E-state index contributed by atoms with van der Waals surface area (Å²) < 4.78 is 5.61. The van der Waals surface area contributed by atoms with Gasteiger partial charge in [-0.05, 0) is 37.8 Å². The summed E-state index contributed by atoms with van der Waals surface area (Å²) in [5.74, 6) is 1.20. The van der Waals surface area contributed by atoms with Gasteiger partial charge < -0.3 is 10.5 Å². The molecule has 0 heterocycles. The van der Waals surface area contributed by atoms with Crippen molar-refractivity contribution in [3.8, 4) is 5.75 Å². The summed E-state index contributed by atoms with van der Waals surface area (Å²) in [6.07, 6.45) is 2.98. The number of nitro benzene ring substituents is 1. The van der Waals surface area contributed by atoms with Crippen LogP contribution in [0.1, 0.15) is 30.7 Å². The number of nitrogens with two attached hydrogens (primary N) is 1. The highest BCUT2D eigenvalue weighted by Crippen LogP contribution is 2.45. The Morgan fingerprint density at radius 1 is 1.44 bits per heavy atom. The largest absolute Gasteiger partial charge is 0.493 e. The van der Waals surface area contributed by atoms with Crippen LogP contribution in [0.2, 0.25) is 0 Å². The Hall–Kier alpha value is -1.33.